The highest BCUT2D eigenvalue weighted by Crippen LogP contribution is 2.20. The van der Waals surface area contributed by atoms with Crippen molar-refractivity contribution < 1.29 is 9.90 Å². The van der Waals surface area contributed by atoms with Gasteiger partial charge in [-0.15, -0.1) is 0 Å². The van der Waals surface area contributed by atoms with Crippen LogP contribution < -0.4 is 5.32 Å². The molecule has 0 spiro atoms. The molecule has 1 aromatic rings. The standard InChI is InChI=1S/C12H15Cl2NO2/c1-8(16)3-2-6-15-12(17)10-7-9(13)4-5-11(10)14/h4-5,7-8,16H,2-3,6H2,1H3,(H,15,17). The number of carbonyl (C=O) groups is 1. The van der Waals surface area contributed by atoms with E-state index in [0.29, 0.717) is 28.6 Å². The Morgan fingerprint density at radius 1 is 1.47 bits per heavy atom. The van der Waals surface area contributed by atoms with Crippen LogP contribution in [-0.4, -0.2) is 23.7 Å². The number of aliphatic hydroxyl groups excluding tert-OH is 1. The molecule has 0 saturated carbocycles. The molecule has 1 unspecified atom stereocenters. The number of carbonyl (C=O) groups excluding carboxylic acids is 1. The molecule has 1 aromatic carbocycles. The van der Waals surface area contributed by atoms with E-state index in [1.165, 1.54) is 6.07 Å². The maximum Gasteiger partial charge on any atom is 0.252 e. The van der Waals surface area contributed by atoms with Crippen LogP contribution in [0.2, 0.25) is 10.0 Å². The van der Waals surface area contributed by atoms with Crippen molar-refractivity contribution in [3.63, 3.8) is 0 Å². The number of hydrogen-bond donors (Lipinski definition) is 2. The number of halogens is 2. The fraction of sp³-hybridized carbons (Fsp3) is 0.417. The third-order valence-corrected chi connectivity index (χ3v) is 2.82. The van der Waals surface area contributed by atoms with Gasteiger partial charge >= 0.3 is 0 Å². The van der Waals surface area contributed by atoms with Crippen LogP contribution >= 0.6 is 23.2 Å². The predicted molar refractivity (Wildman–Crippen MR) is 69.7 cm³/mol. The molecular formula is C12H15Cl2NO2. The highest BCUT2D eigenvalue weighted by Gasteiger charge is 2.10. The van der Waals surface area contributed by atoms with Crippen LogP contribution in [0.25, 0.3) is 0 Å². The molecule has 0 aliphatic carbocycles. The highest BCUT2D eigenvalue weighted by atomic mass is 35.5. The predicted octanol–water partition coefficient (Wildman–Crippen LogP) is 2.88. The molecule has 94 valence electrons. The minimum absolute atomic E-state index is 0.247. The van der Waals surface area contributed by atoms with E-state index >= 15 is 0 Å². The second-order valence-corrected chi connectivity index (χ2v) is 4.71. The van der Waals surface area contributed by atoms with Gasteiger partial charge in [0.1, 0.15) is 0 Å². The van der Waals surface area contributed by atoms with E-state index < -0.39 is 0 Å². The second kappa shape index (κ2) is 6.84. The first-order valence-electron chi connectivity index (χ1n) is 5.42. The smallest absolute Gasteiger partial charge is 0.252 e. The molecule has 2 N–H and O–H groups in total. The van der Waals surface area contributed by atoms with Crippen LogP contribution in [-0.2, 0) is 0 Å². The molecule has 1 atom stereocenters. The normalized spacial score (nSPS) is 12.2. The minimum Gasteiger partial charge on any atom is -0.393 e. The Balaban J connectivity index is 2.49. The topological polar surface area (TPSA) is 49.3 Å². The molecular weight excluding hydrogens is 261 g/mol. The summed E-state index contributed by atoms with van der Waals surface area (Å²) in [5.41, 5.74) is 0.371. The van der Waals surface area contributed by atoms with Crippen LogP contribution in [0.1, 0.15) is 30.1 Å². The Bertz CT molecular complexity index is 394. The third-order valence-electron chi connectivity index (χ3n) is 2.26. The van der Waals surface area contributed by atoms with Gasteiger partial charge in [0.2, 0.25) is 0 Å². The van der Waals surface area contributed by atoms with E-state index in [1.807, 2.05) is 0 Å². The molecule has 0 aliphatic heterocycles. The van der Waals surface area contributed by atoms with Gasteiger partial charge in [-0.2, -0.15) is 0 Å². The van der Waals surface area contributed by atoms with Gasteiger partial charge in [0.05, 0.1) is 16.7 Å². The Morgan fingerprint density at radius 2 is 2.18 bits per heavy atom. The van der Waals surface area contributed by atoms with Gasteiger partial charge in [-0.05, 0) is 38.0 Å². The van der Waals surface area contributed by atoms with Gasteiger partial charge in [0, 0.05) is 11.6 Å². The van der Waals surface area contributed by atoms with Crippen molar-refractivity contribution in [3.8, 4) is 0 Å². The van der Waals surface area contributed by atoms with Crippen LogP contribution in [0.15, 0.2) is 18.2 Å². The summed E-state index contributed by atoms with van der Waals surface area (Å²) >= 11 is 11.7. The van der Waals surface area contributed by atoms with E-state index in [1.54, 1.807) is 19.1 Å². The number of amides is 1. The minimum atomic E-state index is -0.346. The third kappa shape index (κ3) is 4.94. The van der Waals surface area contributed by atoms with Gasteiger partial charge < -0.3 is 10.4 Å². The van der Waals surface area contributed by atoms with E-state index in [2.05, 4.69) is 5.32 Å². The number of nitrogens with one attached hydrogen (secondary N) is 1. The van der Waals surface area contributed by atoms with Gasteiger partial charge in [-0.3, -0.25) is 4.79 Å². The second-order valence-electron chi connectivity index (χ2n) is 3.87. The van der Waals surface area contributed by atoms with Crippen LogP contribution in [0, 0.1) is 0 Å². The summed E-state index contributed by atoms with van der Waals surface area (Å²) in [7, 11) is 0. The molecule has 0 bridgehead atoms. The molecule has 5 heteroatoms. The number of aliphatic hydroxyl groups is 1. The van der Waals surface area contributed by atoms with E-state index in [0.717, 1.165) is 6.42 Å². The van der Waals surface area contributed by atoms with Gasteiger partial charge in [0.25, 0.3) is 5.91 Å². The van der Waals surface area contributed by atoms with Crippen LogP contribution in [0.5, 0.6) is 0 Å². The average Bonchev–Trinajstić information content (AvgIpc) is 2.27. The molecule has 0 fully saturated rings. The lowest BCUT2D eigenvalue weighted by Gasteiger charge is -2.08. The summed E-state index contributed by atoms with van der Waals surface area (Å²) in [6.07, 6.45) is 1.03. The molecule has 0 heterocycles. The number of rotatable bonds is 5. The molecule has 0 radical (unpaired) electrons. The molecule has 3 nitrogen and oxygen atoms in total. The van der Waals surface area contributed by atoms with Crippen LogP contribution in [0.4, 0.5) is 0 Å². The van der Waals surface area contributed by atoms with Crippen molar-refractivity contribution in [1.29, 1.82) is 0 Å². The van der Waals surface area contributed by atoms with Crippen molar-refractivity contribution >= 4 is 29.1 Å². The quantitative estimate of drug-likeness (QED) is 0.812. The summed E-state index contributed by atoms with van der Waals surface area (Å²) in [5, 5.41) is 12.6. The Morgan fingerprint density at radius 3 is 2.82 bits per heavy atom. The zero-order valence-corrected chi connectivity index (χ0v) is 11.1. The summed E-state index contributed by atoms with van der Waals surface area (Å²) in [6, 6.07) is 4.76. The fourth-order valence-electron chi connectivity index (χ4n) is 1.37. The summed E-state index contributed by atoms with van der Waals surface area (Å²) < 4.78 is 0. The SMILES string of the molecule is CC(O)CCCNC(=O)c1cc(Cl)ccc1Cl. The molecule has 0 saturated heterocycles. The first kappa shape index (κ1) is 14.3. The van der Waals surface area contributed by atoms with E-state index in [9.17, 15) is 4.79 Å². The Labute approximate surface area is 111 Å². The summed E-state index contributed by atoms with van der Waals surface area (Å²) in [5.74, 6) is -0.247. The van der Waals surface area contributed by atoms with Crippen molar-refractivity contribution in [2.45, 2.75) is 25.9 Å². The molecule has 0 aromatic heterocycles. The lowest BCUT2D eigenvalue weighted by Crippen LogP contribution is -2.25. The van der Waals surface area contributed by atoms with Crippen molar-refractivity contribution in [3.05, 3.63) is 33.8 Å². The Hall–Kier alpha value is -0.770. The zero-order valence-electron chi connectivity index (χ0n) is 9.54. The summed E-state index contributed by atoms with van der Waals surface area (Å²) in [6.45, 7) is 2.22. The van der Waals surface area contributed by atoms with Crippen molar-refractivity contribution in [2.24, 2.45) is 0 Å². The maximum absolute atomic E-state index is 11.7. The van der Waals surface area contributed by atoms with E-state index in [-0.39, 0.29) is 12.0 Å². The van der Waals surface area contributed by atoms with Gasteiger partial charge in [0.15, 0.2) is 0 Å². The molecule has 17 heavy (non-hydrogen) atoms. The summed E-state index contributed by atoms with van der Waals surface area (Å²) in [4.78, 5) is 11.7. The number of hydrogen-bond acceptors (Lipinski definition) is 2. The monoisotopic (exact) mass is 275 g/mol. The van der Waals surface area contributed by atoms with Crippen molar-refractivity contribution in [2.75, 3.05) is 6.54 Å². The molecule has 1 amide bonds. The highest BCUT2D eigenvalue weighted by molar-refractivity contribution is 6.35. The first-order chi connectivity index (χ1) is 8.00. The van der Waals surface area contributed by atoms with Gasteiger partial charge in [-0.25, -0.2) is 0 Å². The largest absolute Gasteiger partial charge is 0.393 e. The van der Waals surface area contributed by atoms with Crippen LogP contribution in [0.3, 0.4) is 0 Å². The zero-order chi connectivity index (χ0) is 12.8. The maximum atomic E-state index is 11.7. The molecule has 0 aliphatic rings. The van der Waals surface area contributed by atoms with E-state index in [4.69, 9.17) is 28.3 Å². The van der Waals surface area contributed by atoms with Crippen molar-refractivity contribution in [1.82, 2.24) is 5.32 Å². The lowest BCUT2D eigenvalue weighted by molar-refractivity contribution is 0.0950. The number of benzene rings is 1. The van der Waals surface area contributed by atoms with Gasteiger partial charge in [-0.1, -0.05) is 23.2 Å². The first-order valence-corrected chi connectivity index (χ1v) is 6.17. The lowest BCUT2D eigenvalue weighted by atomic mass is 10.2. The molecule has 1 rings (SSSR count). The Kier molecular flexibility index (Phi) is 5.75. The average molecular weight is 276 g/mol. The fourth-order valence-corrected chi connectivity index (χ4v) is 1.74.